The second-order valence-electron chi connectivity index (χ2n) is 34.3. The normalized spacial score (nSPS) is 29.0. The van der Waals surface area contributed by atoms with Gasteiger partial charge in [-0.15, -0.1) is 0 Å². The summed E-state index contributed by atoms with van der Waals surface area (Å²) in [6.45, 7) is 11.8. The molecule has 3 saturated heterocycles. The highest BCUT2D eigenvalue weighted by Gasteiger charge is 2.53. The highest BCUT2D eigenvalue weighted by molar-refractivity contribution is 6.32. The predicted molar refractivity (Wildman–Crippen MR) is 465 cm³/mol. The number of aliphatic hydroxyl groups excluding tert-OH is 6. The smallest absolute Gasteiger partial charge is 0.330 e. The number of nitrogens with two attached hydrogens (primary N) is 2. The maximum Gasteiger partial charge on any atom is 0.330 e. The molecule has 698 valence electrons. The molecule has 15 rings (SSSR count). The van der Waals surface area contributed by atoms with Crippen molar-refractivity contribution >= 4 is 70.5 Å². The zero-order chi connectivity index (χ0) is 93.8. The van der Waals surface area contributed by atoms with Gasteiger partial charge in [0.05, 0.1) is 60.1 Å². The van der Waals surface area contributed by atoms with Crippen LogP contribution in [-0.2, 0) is 68.6 Å². The van der Waals surface area contributed by atoms with Crippen LogP contribution in [0.4, 0.5) is 0 Å². The number of likely N-dealkylation sites (N-methyl/N-ethyl adjacent to an activating group) is 1. The highest BCUT2D eigenvalue weighted by Crippen LogP contribution is 2.51. The number of halogens is 2. The van der Waals surface area contributed by atoms with E-state index in [1.807, 2.05) is 62.4 Å². The lowest BCUT2D eigenvalue weighted by molar-refractivity contribution is -0.334. The molecule has 8 heterocycles. The number of primary amides is 1. The van der Waals surface area contributed by atoms with Crippen LogP contribution in [0.3, 0.4) is 0 Å². The molecule has 8 aliphatic rings. The molecular formula is C91H108Cl2N10O27. The summed E-state index contributed by atoms with van der Waals surface area (Å²) in [7, 11) is 1.48. The number of carboxylic acids is 1. The summed E-state index contributed by atoms with van der Waals surface area (Å²) in [5.74, 6) is -15.4. The van der Waals surface area contributed by atoms with Gasteiger partial charge in [-0.2, -0.15) is 0 Å². The van der Waals surface area contributed by atoms with Crippen molar-refractivity contribution in [2.75, 3.05) is 20.3 Å². The lowest BCUT2D eigenvalue weighted by atomic mass is 9.84. The van der Waals surface area contributed by atoms with Crippen LogP contribution in [0.15, 0.2) is 127 Å². The number of carbonyl (C=O) groups excluding carboxylic acids is 7. The van der Waals surface area contributed by atoms with E-state index in [0.29, 0.717) is 6.61 Å². The highest BCUT2D eigenvalue weighted by atomic mass is 35.5. The number of carbonyl (C=O) groups is 8. The molecule has 0 radical (unpaired) electrons. The Morgan fingerprint density at radius 2 is 1.25 bits per heavy atom. The number of aromatic hydroxyl groups is 3. The van der Waals surface area contributed by atoms with Gasteiger partial charge in [0.25, 0.3) is 0 Å². The van der Waals surface area contributed by atoms with Gasteiger partial charge in [-0.05, 0) is 159 Å². The Hall–Kier alpha value is -11.1. The molecule has 7 aromatic carbocycles. The minimum atomic E-state index is -2.40. The number of aliphatic hydroxyl groups is 6. The Morgan fingerprint density at radius 3 is 1.87 bits per heavy atom. The maximum atomic E-state index is 16.6. The summed E-state index contributed by atoms with van der Waals surface area (Å²) in [6, 6.07) is 15.2. The van der Waals surface area contributed by atoms with E-state index in [0.717, 1.165) is 90.2 Å². The first-order chi connectivity index (χ1) is 61.7. The first-order valence-electron chi connectivity index (χ1n) is 42.6. The fraction of sp³-hybridized carbons (Fsp3) is 0.451. The molecule has 0 spiro atoms. The van der Waals surface area contributed by atoms with E-state index >= 15 is 24.0 Å². The number of benzene rings is 7. The van der Waals surface area contributed by atoms with E-state index in [1.54, 1.807) is 13.8 Å². The van der Waals surface area contributed by atoms with Crippen molar-refractivity contribution in [1.29, 1.82) is 0 Å². The maximum absolute atomic E-state index is 16.6. The number of phenols is 3. The van der Waals surface area contributed by atoms with Crippen LogP contribution in [0.25, 0.3) is 22.3 Å². The second kappa shape index (κ2) is 40.7. The number of amides is 7. The van der Waals surface area contributed by atoms with Gasteiger partial charge in [-0.1, -0.05) is 111 Å². The van der Waals surface area contributed by atoms with Crippen molar-refractivity contribution in [3.05, 3.63) is 171 Å². The largest absolute Gasteiger partial charge is 0.508 e. The molecule has 0 saturated carbocycles. The molecule has 39 heteroatoms. The average Bonchev–Trinajstić information content (AvgIpc) is 0.758. The molecule has 0 aliphatic carbocycles. The molecule has 3 fully saturated rings. The van der Waals surface area contributed by atoms with E-state index in [4.69, 9.17) is 77.3 Å². The Labute approximate surface area is 757 Å². The van der Waals surface area contributed by atoms with Crippen LogP contribution in [-0.4, -0.2) is 222 Å². The van der Waals surface area contributed by atoms with Gasteiger partial charge >= 0.3 is 5.97 Å². The Morgan fingerprint density at radius 1 is 0.646 bits per heavy atom. The van der Waals surface area contributed by atoms with Gasteiger partial charge < -0.3 is 148 Å². The van der Waals surface area contributed by atoms with Crippen molar-refractivity contribution in [2.45, 2.75) is 233 Å². The molecular weight excluding hydrogens is 1740 g/mol. The van der Waals surface area contributed by atoms with E-state index in [-0.39, 0.29) is 59.2 Å². The number of ether oxygens (including phenoxy) is 9. The number of rotatable bonds is 24. The van der Waals surface area contributed by atoms with Crippen molar-refractivity contribution in [3.8, 4) is 74.0 Å². The number of hydrogen-bond donors (Lipinski definition) is 20. The van der Waals surface area contributed by atoms with Crippen LogP contribution in [0.5, 0.6) is 51.7 Å². The summed E-state index contributed by atoms with van der Waals surface area (Å²) >= 11 is 14.7. The van der Waals surface area contributed by atoms with Gasteiger partial charge in [0.2, 0.25) is 53.4 Å². The van der Waals surface area contributed by atoms with Gasteiger partial charge in [-0.25, -0.2) is 4.79 Å². The summed E-state index contributed by atoms with van der Waals surface area (Å²) in [6.07, 6.45) is -19.9. The SMILES string of the molecule is CCCCCOc1ccc(-c2ccc(CN[C@@]3(C)C[C@H](O[C@H]4[C@H](Oc5c6cc7cc5Oc5ccc(cc5Cl)[C@@H](O[C@H]5C[C@](C)(N)[C@@H](O)[C@H](C)O5)[C@@H]5NC(=O)[C@H](NC(=O)[C@@H]7NC(=O)[C@H](CC(N)=O)NC(=O)[C@H](NC(=O)[C@@H](CC(C)C)NC)[C@H](O)c7ccc(c(Cl)c7)O6)c6ccc(O)c(c6)-c6c(O)cc(O)cc6[C@@H](C(=O)O)NC5=O)O[C@H](CO)[C@@H](O)[C@@H]4O)O[C@@H](C)[C@@H]3O)cc2)cc1. The summed E-state index contributed by atoms with van der Waals surface area (Å²) in [4.78, 5) is 121. The summed E-state index contributed by atoms with van der Waals surface area (Å²) in [5.41, 5.74) is 9.70. The lowest BCUT2D eigenvalue weighted by Gasteiger charge is -2.48. The van der Waals surface area contributed by atoms with Crippen LogP contribution in [0, 0.1) is 5.92 Å². The zero-order valence-corrected chi connectivity index (χ0v) is 73.7. The fourth-order valence-electron chi connectivity index (χ4n) is 16.8. The molecule has 37 nitrogen and oxygen atoms in total. The predicted octanol–water partition coefficient (Wildman–Crippen LogP) is 5.41. The van der Waals surface area contributed by atoms with Crippen LogP contribution in [0.1, 0.15) is 157 Å². The molecule has 0 unspecified atom stereocenters. The lowest BCUT2D eigenvalue weighted by Crippen LogP contribution is -2.65. The van der Waals surface area contributed by atoms with Crippen LogP contribution < -0.4 is 72.9 Å². The Bertz CT molecular complexity index is 5350. The van der Waals surface area contributed by atoms with E-state index in [2.05, 4.69) is 49.5 Å². The summed E-state index contributed by atoms with van der Waals surface area (Å²) < 4.78 is 59.0. The van der Waals surface area contributed by atoms with E-state index in [1.165, 1.54) is 51.2 Å². The van der Waals surface area contributed by atoms with E-state index < -0.39 is 261 Å². The Balaban J connectivity index is 0.988. The third kappa shape index (κ3) is 21.6. The topological polar surface area (TPSA) is 570 Å². The first-order valence-corrected chi connectivity index (χ1v) is 43.3. The van der Waals surface area contributed by atoms with Crippen LogP contribution in [0.2, 0.25) is 10.0 Å². The van der Waals surface area contributed by atoms with E-state index in [9.17, 15) is 65.4 Å². The minimum Gasteiger partial charge on any atom is -0.508 e. The minimum absolute atomic E-state index is 0.120. The van der Waals surface area contributed by atoms with Gasteiger partial charge in [0.1, 0.15) is 95.2 Å². The first kappa shape index (κ1) is 96.5. The second-order valence-corrected chi connectivity index (χ2v) is 35.1. The third-order valence-electron chi connectivity index (χ3n) is 24.0. The average molecular weight is 1840 g/mol. The number of carboxylic acid groups (broad SMARTS) is 1. The quantitative estimate of drug-likeness (QED) is 0.0336. The Kier molecular flexibility index (Phi) is 30.2. The van der Waals surface area contributed by atoms with Crippen molar-refractivity contribution in [2.24, 2.45) is 17.4 Å². The molecule has 7 amide bonds. The molecule has 22 atom stereocenters. The van der Waals surface area contributed by atoms with Gasteiger partial charge in [0.15, 0.2) is 36.2 Å². The van der Waals surface area contributed by atoms with Crippen molar-refractivity contribution in [1.82, 2.24) is 42.5 Å². The zero-order valence-electron chi connectivity index (χ0n) is 72.1. The molecule has 0 aromatic heterocycles. The van der Waals surface area contributed by atoms with Crippen molar-refractivity contribution < 1.29 is 132 Å². The molecule has 11 bridgehead atoms. The monoisotopic (exact) mass is 1840 g/mol. The number of unbranched alkanes of at least 4 members (excludes halogenated alkanes) is 2. The standard InChI is InChI=1S/C91H108Cl2N10O27/c1-9-10-11-26-122-51-21-16-45(17-22-51)44-14-12-43(13-15-44)38-97-91(7)37-67(124-42(5)81(91)113)129-79-76(111)75(110)64(39-104)127-89(79)130-78-62-31-49-32-63(78)126-61-25-20-48(30-55(61)93)77(128-66-36-90(6,95)80(112)41(4)123-66)73-87(119)101-71(88(120)121)53-33-50(105)34-59(107)68(53)52-28-46(18-23-58(52)106)69(84(116)103-73)100-85(117)70(49)99-83(115)57(35-65(94)108)98-86(118)72(102-82(114)56(96-8)27-40(2)3)74(109)47-19-24-60(125-62)54(92)29-47/h12-25,28-34,40-42,56-57,64,66-67,69-77,79-81,89,96-97,104-107,109-113H,9-11,26-27,35-39,95H2,1-8H3,(H2,94,108)(H,98,118)(H,99,115)(H,100,117)(H,101,119)(H,102,114)(H,103,116)(H,120,121)/t41-,42-,56+,57-,64+,66-,67-,69+,70+,71-,72+,73-,74+,75+,76-,77+,79+,80-,81-,89-,90-,91-/m0/s1. The number of hydrogen-bond acceptors (Lipinski definition) is 29. The number of aliphatic carboxylic acids is 1. The number of fused-ring (bicyclic) bond motifs is 15. The number of nitrogens with one attached hydrogen (secondary N) is 8. The summed E-state index contributed by atoms with van der Waals surface area (Å²) in [5, 5.41) is 138. The molecule has 130 heavy (non-hydrogen) atoms. The molecule has 8 aliphatic heterocycles. The molecule has 7 aromatic rings. The third-order valence-corrected chi connectivity index (χ3v) is 24.5. The van der Waals surface area contributed by atoms with Gasteiger partial charge in [-0.3, -0.25) is 33.6 Å². The van der Waals surface area contributed by atoms with Crippen molar-refractivity contribution in [3.63, 3.8) is 0 Å². The van der Waals surface area contributed by atoms with Gasteiger partial charge in [0, 0.05) is 53.2 Å². The van der Waals surface area contributed by atoms with Crippen LogP contribution >= 0.6 is 23.2 Å². The number of phenolic OH excluding ortho intramolecular Hbond substituents is 3. The molecule has 22 N–H and O–H groups in total. The fourth-order valence-corrected chi connectivity index (χ4v) is 17.3.